The van der Waals surface area contributed by atoms with Crippen molar-refractivity contribution >= 4 is 51.8 Å². The average molecular weight is 517 g/mol. The molecule has 1 amide bonds. The summed E-state index contributed by atoms with van der Waals surface area (Å²) in [5.74, 6) is -6.10. The number of amides is 1. The second kappa shape index (κ2) is 10.2. The number of ketones is 1. The molecule has 1 fully saturated rings. The van der Waals surface area contributed by atoms with Gasteiger partial charge in [-0.25, -0.2) is 0 Å². The number of piperazine rings is 1. The molecule has 0 aromatic heterocycles. The van der Waals surface area contributed by atoms with Crippen LogP contribution in [-0.4, -0.2) is 58.0 Å². The molecule has 10 heteroatoms. The van der Waals surface area contributed by atoms with Crippen molar-refractivity contribution in [3.05, 3.63) is 58.1 Å². The van der Waals surface area contributed by atoms with Gasteiger partial charge in [0.25, 0.3) is 11.7 Å². The number of rotatable bonds is 6. The van der Waals surface area contributed by atoms with E-state index in [1.54, 1.807) is 4.90 Å². The summed E-state index contributed by atoms with van der Waals surface area (Å²) in [7, 11) is 0. The molecule has 5 nitrogen and oxygen atoms in total. The molecule has 2 aromatic rings. The fourth-order valence-electron chi connectivity index (χ4n) is 3.76. The van der Waals surface area contributed by atoms with E-state index in [9.17, 15) is 22.9 Å². The first kappa shape index (κ1) is 25.7. The number of halogens is 4. The number of carbonyl (C=O) groups excluding carboxylic acids is 2. The monoisotopic (exact) mass is 516 g/mol. The number of carbonyl (C=O) groups is 2. The zero-order valence-corrected chi connectivity index (χ0v) is 20.7. The van der Waals surface area contributed by atoms with E-state index in [4.69, 9.17) is 23.2 Å². The van der Waals surface area contributed by atoms with E-state index in [1.165, 1.54) is 18.2 Å². The van der Waals surface area contributed by atoms with Crippen molar-refractivity contribution in [3.63, 3.8) is 0 Å². The lowest BCUT2D eigenvalue weighted by Gasteiger charge is -2.46. The molecule has 178 valence electrons. The van der Waals surface area contributed by atoms with Crippen molar-refractivity contribution < 1.29 is 22.9 Å². The van der Waals surface area contributed by atoms with Crippen LogP contribution in [-0.2, 0) is 16.0 Å². The Labute approximate surface area is 204 Å². The van der Waals surface area contributed by atoms with Crippen LogP contribution in [0.5, 0.6) is 0 Å². The first-order valence-electron chi connectivity index (χ1n) is 10.3. The van der Waals surface area contributed by atoms with Crippen LogP contribution in [0.4, 0.5) is 14.5 Å². The maximum Gasteiger partial charge on any atom is 0.307 e. The second-order valence-corrected chi connectivity index (χ2v) is 10.4. The summed E-state index contributed by atoms with van der Waals surface area (Å²) in [4.78, 5) is 28.7. The summed E-state index contributed by atoms with van der Waals surface area (Å²) in [5, 5.41) is 0.631. The second-order valence-electron chi connectivity index (χ2n) is 8.10. The Bertz CT molecular complexity index is 1050. The number of Topliss-reactive ketones (excluding diaryl/α,β-unsaturated/α-hetero) is 1. The first-order chi connectivity index (χ1) is 15.4. The topological polar surface area (TPSA) is 63.7 Å². The molecule has 0 bridgehead atoms. The van der Waals surface area contributed by atoms with Crippen molar-refractivity contribution in [2.45, 2.75) is 43.7 Å². The fraction of sp³-hybridized carbons (Fsp3) is 0.391. The van der Waals surface area contributed by atoms with Crippen molar-refractivity contribution in [1.29, 1.82) is 0 Å². The maximum absolute atomic E-state index is 13.2. The predicted molar refractivity (Wildman–Crippen MR) is 127 cm³/mol. The highest BCUT2D eigenvalue weighted by atomic mass is 35.5. The summed E-state index contributed by atoms with van der Waals surface area (Å²) in [6.07, 6.45) is 0. The zero-order valence-electron chi connectivity index (χ0n) is 18.4. The minimum Gasteiger partial charge on any atom is -0.611 e. The van der Waals surface area contributed by atoms with E-state index in [-0.39, 0.29) is 27.9 Å². The van der Waals surface area contributed by atoms with E-state index in [0.29, 0.717) is 30.6 Å². The summed E-state index contributed by atoms with van der Waals surface area (Å²) in [5.41, 5.74) is 1.28. The Morgan fingerprint density at radius 3 is 2.42 bits per heavy atom. The van der Waals surface area contributed by atoms with E-state index in [2.05, 4.69) is 4.90 Å². The van der Waals surface area contributed by atoms with Gasteiger partial charge in [-0.05, 0) is 61.4 Å². The van der Waals surface area contributed by atoms with Gasteiger partial charge >= 0.3 is 5.92 Å². The van der Waals surface area contributed by atoms with Crippen LogP contribution >= 0.6 is 23.2 Å². The lowest BCUT2D eigenvalue weighted by Crippen LogP contribution is -2.59. The SMILES string of the molecule is CC1C(C)N(c2cccc(Cl)c2)CCN1C(=O)c1ccc([S+]([O-])CC(=O)C(C)(F)F)c(Cl)c1. The lowest BCUT2D eigenvalue weighted by molar-refractivity contribution is -0.137. The molecule has 3 unspecified atom stereocenters. The van der Waals surface area contributed by atoms with Gasteiger partial charge in [-0.2, -0.15) is 8.78 Å². The largest absolute Gasteiger partial charge is 0.611 e. The van der Waals surface area contributed by atoms with Crippen LogP contribution in [0.25, 0.3) is 0 Å². The number of anilines is 1. The molecular weight excluding hydrogens is 493 g/mol. The quantitative estimate of drug-likeness (QED) is 0.503. The van der Waals surface area contributed by atoms with Gasteiger partial charge in [-0.1, -0.05) is 29.3 Å². The van der Waals surface area contributed by atoms with E-state index in [1.807, 2.05) is 38.1 Å². The smallest absolute Gasteiger partial charge is 0.307 e. The number of hydrogen-bond donors (Lipinski definition) is 0. The Morgan fingerprint density at radius 1 is 1.12 bits per heavy atom. The summed E-state index contributed by atoms with van der Waals surface area (Å²) >= 11 is 10.3. The van der Waals surface area contributed by atoms with Crippen molar-refractivity contribution in [2.75, 3.05) is 23.7 Å². The highest BCUT2D eigenvalue weighted by molar-refractivity contribution is 7.92. The van der Waals surface area contributed by atoms with Gasteiger partial charge in [0.1, 0.15) is 0 Å². The van der Waals surface area contributed by atoms with Gasteiger partial charge in [-0.3, -0.25) is 9.59 Å². The molecule has 1 heterocycles. The van der Waals surface area contributed by atoms with Gasteiger partial charge in [-0.15, -0.1) is 0 Å². The standard InChI is InChI=1S/C23H24Cl2F2N2O3S/c1-14-15(2)29(10-9-28(14)18-6-4-5-17(24)12-18)22(31)16-7-8-20(19(25)11-16)33(32)13-21(30)23(3,26)27/h4-8,11-12,14-15H,9-10,13H2,1-3H3. The maximum atomic E-state index is 13.2. The Kier molecular flexibility index (Phi) is 7.94. The predicted octanol–water partition coefficient (Wildman–Crippen LogP) is 5.06. The number of alkyl halides is 2. The van der Waals surface area contributed by atoms with Gasteiger partial charge < -0.3 is 14.4 Å². The molecule has 3 atom stereocenters. The summed E-state index contributed by atoms with van der Waals surface area (Å²) in [6.45, 7) is 5.54. The van der Waals surface area contributed by atoms with E-state index < -0.39 is 28.6 Å². The van der Waals surface area contributed by atoms with Gasteiger partial charge in [0.15, 0.2) is 10.6 Å². The average Bonchev–Trinajstić information content (AvgIpc) is 2.74. The van der Waals surface area contributed by atoms with Gasteiger partial charge in [0.05, 0.1) is 5.02 Å². The molecular formula is C23H24Cl2F2N2O3S. The lowest BCUT2D eigenvalue weighted by atomic mass is 10.0. The van der Waals surface area contributed by atoms with Gasteiger partial charge in [0.2, 0.25) is 0 Å². The molecule has 1 saturated heterocycles. The number of nitrogens with zero attached hydrogens (tertiary/aromatic N) is 2. The van der Waals surface area contributed by atoms with E-state index >= 15 is 0 Å². The molecule has 0 saturated carbocycles. The molecule has 0 N–H and O–H groups in total. The third-order valence-corrected chi connectivity index (χ3v) is 7.87. The molecule has 1 aliphatic rings. The third-order valence-electron chi connectivity index (χ3n) is 5.84. The van der Waals surface area contributed by atoms with Crippen LogP contribution in [0.15, 0.2) is 47.4 Å². The van der Waals surface area contributed by atoms with Crippen LogP contribution in [0.3, 0.4) is 0 Å². The Balaban J connectivity index is 1.73. The Morgan fingerprint density at radius 2 is 1.82 bits per heavy atom. The van der Waals surface area contributed by atoms with Crippen molar-refractivity contribution in [1.82, 2.24) is 4.90 Å². The molecule has 2 aromatic carbocycles. The minimum absolute atomic E-state index is 0.00957. The Hall–Kier alpha value is -1.87. The highest BCUT2D eigenvalue weighted by Crippen LogP contribution is 2.29. The third kappa shape index (κ3) is 5.80. The molecule has 33 heavy (non-hydrogen) atoms. The number of hydrogen-bond acceptors (Lipinski definition) is 4. The van der Waals surface area contributed by atoms with E-state index in [0.717, 1.165) is 5.69 Å². The number of benzene rings is 2. The van der Waals surface area contributed by atoms with Crippen LogP contribution in [0.1, 0.15) is 31.1 Å². The van der Waals surface area contributed by atoms with Crippen LogP contribution in [0.2, 0.25) is 10.0 Å². The molecule has 1 aliphatic heterocycles. The first-order valence-corrected chi connectivity index (χ1v) is 12.4. The molecule has 0 radical (unpaired) electrons. The summed E-state index contributed by atoms with van der Waals surface area (Å²) in [6, 6.07) is 11.6. The zero-order chi connectivity index (χ0) is 24.5. The highest BCUT2D eigenvalue weighted by Gasteiger charge is 2.37. The fourth-order valence-corrected chi connectivity index (χ4v) is 5.52. The van der Waals surface area contributed by atoms with Crippen molar-refractivity contribution in [2.24, 2.45) is 0 Å². The summed E-state index contributed by atoms with van der Waals surface area (Å²) < 4.78 is 38.6. The molecule has 3 rings (SSSR count). The van der Waals surface area contributed by atoms with Crippen molar-refractivity contribution in [3.8, 4) is 0 Å². The van der Waals surface area contributed by atoms with Crippen LogP contribution < -0.4 is 4.90 Å². The normalized spacial score (nSPS) is 20.0. The minimum atomic E-state index is -3.57. The molecule has 0 aliphatic carbocycles. The molecule has 0 spiro atoms. The van der Waals surface area contributed by atoms with Gasteiger partial charge in [0, 0.05) is 48.4 Å². The van der Waals surface area contributed by atoms with Crippen LogP contribution in [0, 0.1) is 0 Å².